The zero-order valence-electron chi connectivity index (χ0n) is 21.8. The Morgan fingerprint density at radius 2 is 1.71 bits per heavy atom. The molecule has 0 saturated carbocycles. The van der Waals surface area contributed by atoms with E-state index in [-0.39, 0.29) is 42.5 Å². The number of carbonyl (C=O) groups is 2. The smallest absolute Gasteiger partial charge is 0.407 e. The number of alkyl carbamates (subject to hydrolysis) is 1. The highest BCUT2D eigenvalue weighted by Crippen LogP contribution is 2.56. The van der Waals surface area contributed by atoms with Crippen molar-refractivity contribution in [3.05, 3.63) is 41.0 Å². The van der Waals surface area contributed by atoms with Crippen molar-refractivity contribution in [2.75, 3.05) is 54.8 Å². The fourth-order valence-electron chi connectivity index (χ4n) is 5.52. The first kappa shape index (κ1) is 25.8. The van der Waals surface area contributed by atoms with Crippen LogP contribution in [0.1, 0.15) is 35.1 Å². The van der Waals surface area contributed by atoms with Crippen LogP contribution in [0, 0.1) is 11.8 Å². The van der Waals surface area contributed by atoms with Crippen LogP contribution in [-0.4, -0.2) is 76.9 Å². The maximum atomic E-state index is 13.1. The Labute approximate surface area is 220 Å². The molecule has 1 saturated heterocycles. The van der Waals surface area contributed by atoms with Crippen LogP contribution in [-0.2, 0) is 14.3 Å². The van der Waals surface area contributed by atoms with Gasteiger partial charge in [-0.05, 0) is 62.5 Å². The molecule has 38 heavy (non-hydrogen) atoms. The molecule has 11 nitrogen and oxygen atoms in total. The van der Waals surface area contributed by atoms with Gasteiger partial charge in [-0.25, -0.2) is 4.79 Å². The molecule has 5 rings (SSSR count). The molecule has 2 N–H and O–H groups in total. The van der Waals surface area contributed by atoms with Gasteiger partial charge in [-0.2, -0.15) is 0 Å². The fourth-order valence-corrected chi connectivity index (χ4v) is 5.52. The normalized spacial score (nSPS) is 22.9. The SMILES string of the molecule is COc1cc([C@@H]2c3cc4c(cc3[C@H](OC(=O)NCCCN(C)C)[C@H]3C(=O)OC[C@H]23)OCO4)cc(OC)c1O. The van der Waals surface area contributed by atoms with Crippen LogP contribution in [0.3, 0.4) is 0 Å². The molecule has 0 unspecified atom stereocenters. The van der Waals surface area contributed by atoms with Gasteiger partial charge in [0.1, 0.15) is 12.0 Å². The minimum absolute atomic E-state index is 0.0660. The molecule has 1 fully saturated rings. The Balaban J connectivity index is 1.56. The molecule has 0 bridgehead atoms. The number of ether oxygens (including phenoxy) is 6. The summed E-state index contributed by atoms with van der Waals surface area (Å²) in [4.78, 5) is 27.9. The zero-order chi connectivity index (χ0) is 27.0. The second-order valence-electron chi connectivity index (χ2n) is 9.82. The third-order valence-corrected chi connectivity index (χ3v) is 7.27. The molecule has 11 heteroatoms. The van der Waals surface area contributed by atoms with E-state index in [1.807, 2.05) is 25.1 Å². The highest BCUT2D eigenvalue weighted by Gasteiger charge is 2.54. The van der Waals surface area contributed by atoms with Gasteiger partial charge in [0, 0.05) is 23.9 Å². The number of fused-ring (bicyclic) bond motifs is 3. The largest absolute Gasteiger partial charge is 0.502 e. The van der Waals surface area contributed by atoms with E-state index in [4.69, 9.17) is 28.4 Å². The van der Waals surface area contributed by atoms with E-state index in [0.29, 0.717) is 23.6 Å². The third kappa shape index (κ3) is 4.62. The van der Waals surface area contributed by atoms with Gasteiger partial charge in [0.2, 0.25) is 12.5 Å². The molecule has 2 aromatic carbocycles. The standard InChI is InChI=1S/C27H32N2O9/c1-29(2)7-5-6-28-27(32)38-25-16-11-19-18(36-13-37-19)10-15(16)22(17-12-35-26(31)23(17)25)14-8-20(33-3)24(30)21(9-14)34-4/h8-11,17,22-23,25,30H,5-7,12-13H2,1-4H3,(H,28,32)/t17-,22-,23+,25+/m1/s1. The minimum atomic E-state index is -0.884. The number of phenols is 1. The van der Waals surface area contributed by atoms with E-state index in [1.165, 1.54) is 14.2 Å². The van der Waals surface area contributed by atoms with Gasteiger partial charge in [-0.3, -0.25) is 4.79 Å². The number of hydrogen-bond donors (Lipinski definition) is 2. The summed E-state index contributed by atoms with van der Waals surface area (Å²) in [6, 6.07) is 7.06. The van der Waals surface area contributed by atoms with Gasteiger partial charge >= 0.3 is 12.1 Å². The number of hydrogen-bond acceptors (Lipinski definition) is 10. The highest BCUT2D eigenvalue weighted by molar-refractivity contribution is 5.79. The van der Waals surface area contributed by atoms with Crippen molar-refractivity contribution in [1.82, 2.24) is 10.2 Å². The fraction of sp³-hybridized carbons (Fsp3) is 0.481. The van der Waals surface area contributed by atoms with Crippen molar-refractivity contribution in [3.63, 3.8) is 0 Å². The average molecular weight is 529 g/mol. The first-order chi connectivity index (χ1) is 18.3. The van der Waals surface area contributed by atoms with Crippen LogP contribution >= 0.6 is 0 Å². The van der Waals surface area contributed by atoms with E-state index in [9.17, 15) is 14.7 Å². The Morgan fingerprint density at radius 1 is 1.05 bits per heavy atom. The molecule has 2 aliphatic heterocycles. The summed E-state index contributed by atoms with van der Waals surface area (Å²) in [5, 5.41) is 13.3. The summed E-state index contributed by atoms with van der Waals surface area (Å²) in [6.07, 6.45) is -0.740. The second kappa shape index (κ2) is 10.5. The van der Waals surface area contributed by atoms with Crippen LogP contribution in [0.2, 0.25) is 0 Å². The molecule has 3 aliphatic rings. The monoisotopic (exact) mass is 528 g/mol. The first-order valence-corrected chi connectivity index (χ1v) is 12.5. The number of aromatic hydroxyl groups is 1. The number of phenolic OH excluding ortho intramolecular Hbond substituents is 1. The van der Waals surface area contributed by atoms with E-state index < -0.39 is 24.1 Å². The van der Waals surface area contributed by atoms with Crippen LogP contribution in [0.25, 0.3) is 0 Å². The van der Waals surface area contributed by atoms with Crippen LogP contribution in [0.5, 0.6) is 28.7 Å². The molecule has 0 spiro atoms. The number of amides is 1. The molecule has 0 radical (unpaired) electrons. The van der Waals surface area contributed by atoms with Crippen molar-refractivity contribution >= 4 is 12.1 Å². The van der Waals surface area contributed by atoms with E-state index in [1.54, 1.807) is 18.2 Å². The van der Waals surface area contributed by atoms with E-state index >= 15 is 0 Å². The van der Waals surface area contributed by atoms with Gasteiger partial charge in [0.25, 0.3) is 0 Å². The number of cyclic esters (lactones) is 1. The van der Waals surface area contributed by atoms with Gasteiger partial charge in [0.15, 0.2) is 23.0 Å². The molecule has 2 aromatic rings. The number of benzene rings is 2. The van der Waals surface area contributed by atoms with Crippen molar-refractivity contribution in [2.45, 2.75) is 18.4 Å². The quantitative estimate of drug-likeness (QED) is 0.390. The molecule has 1 aliphatic carbocycles. The van der Waals surface area contributed by atoms with Crippen molar-refractivity contribution in [3.8, 4) is 28.7 Å². The molecule has 0 aromatic heterocycles. The Hall–Kier alpha value is -3.86. The van der Waals surface area contributed by atoms with Crippen molar-refractivity contribution in [1.29, 1.82) is 0 Å². The number of rotatable bonds is 8. The Kier molecular flexibility index (Phi) is 7.11. The lowest BCUT2D eigenvalue weighted by atomic mass is 9.66. The Morgan fingerprint density at radius 3 is 2.34 bits per heavy atom. The summed E-state index contributed by atoms with van der Waals surface area (Å²) in [6.45, 7) is 1.45. The van der Waals surface area contributed by atoms with Gasteiger partial charge in [0.05, 0.1) is 20.8 Å². The maximum Gasteiger partial charge on any atom is 0.407 e. The summed E-state index contributed by atoms with van der Waals surface area (Å²) >= 11 is 0. The van der Waals surface area contributed by atoms with E-state index in [0.717, 1.165) is 24.1 Å². The lowest BCUT2D eigenvalue weighted by Gasteiger charge is -2.38. The van der Waals surface area contributed by atoms with Crippen molar-refractivity contribution < 1.29 is 43.1 Å². The van der Waals surface area contributed by atoms with E-state index in [2.05, 4.69) is 5.32 Å². The molecule has 2 heterocycles. The van der Waals surface area contributed by atoms with Crippen molar-refractivity contribution in [2.24, 2.45) is 11.8 Å². The Bertz CT molecular complexity index is 1210. The van der Waals surface area contributed by atoms with Crippen LogP contribution in [0.4, 0.5) is 4.79 Å². The molecule has 4 atom stereocenters. The molecule has 204 valence electrons. The lowest BCUT2D eigenvalue weighted by molar-refractivity contribution is -0.144. The number of nitrogens with one attached hydrogen (secondary N) is 1. The minimum Gasteiger partial charge on any atom is -0.502 e. The predicted molar refractivity (Wildman–Crippen MR) is 134 cm³/mol. The maximum absolute atomic E-state index is 13.1. The lowest BCUT2D eigenvalue weighted by Crippen LogP contribution is -2.39. The molecular weight excluding hydrogens is 496 g/mol. The summed E-state index contributed by atoms with van der Waals surface area (Å²) in [5.41, 5.74) is 2.18. The van der Waals surface area contributed by atoms with Crippen LogP contribution in [0.15, 0.2) is 24.3 Å². The molecular formula is C27H32N2O9. The zero-order valence-corrected chi connectivity index (χ0v) is 21.8. The number of methoxy groups -OCH3 is 2. The van der Waals surface area contributed by atoms with Crippen LogP contribution < -0.4 is 24.3 Å². The number of esters is 1. The molecule has 1 amide bonds. The second-order valence-corrected chi connectivity index (χ2v) is 9.82. The highest BCUT2D eigenvalue weighted by atomic mass is 16.7. The summed E-state index contributed by atoms with van der Waals surface area (Å²) < 4.78 is 33.5. The number of carbonyl (C=O) groups excluding carboxylic acids is 2. The first-order valence-electron chi connectivity index (χ1n) is 12.5. The summed E-state index contributed by atoms with van der Waals surface area (Å²) in [5.74, 6) is -0.503. The topological polar surface area (TPSA) is 125 Å². The summed E-state index contributed by atoms with van der Waals surface area (Å²) in [7, 11) is 6.83. The number of nitrogens with zero attached hydrogens (tertiary/aromatic N) is 1. The third-order valence-electron chi connectivity index (χ3n) is 7.27. The van der Waals surface area contributed by atoms with Gasteiger partial charge in [-0.1, -0.05) is 0 Å². The van der Waals surface area contributed by atoms with Gasteiger partial charge in [-0.15, -0.1) is 0 Å². The van der Waals surface area contributed by atoms with Gasteiger partial charge < -0.3 is 43.7 Å². The predicted octanol–water partition coefficient (Wildman–Crippen LogP) is 2.79. The average Bonchev–Trinajstić information content (AvgIpc) is 3.52.